The maximum absolute atomic E-state index is 12.7. The SMILES string of the molecule is CC(N)(C(N)C(F)(F)F)C(F)(F)C(F)(F)F. The molecule has 0 aromatic heterocycles. The lowest BCUT2D eigenvalue weighted by molar-refractivity contribution is -0.317. The number of halogens is 8. The van der Waals surface area contributed by atoms with E-state index >= 15 is 0 Å². The zero-order chi connectivity index (χ0) is 13.6. The van der Waals surface area contributed by atoms with Gasteiger partial charge in [0, 0.05) is 0 Å². The highest BCUT2D eigenvalue weighted by atomic mass is 19.4. The normalized spacial score (nSPS) is 20.4. The van der Waals surface area contributed by atoms with Gasteiger partial charge in [-0.1, -0.05) is 0 Å². The first-order chi connectivity index (χ1) is 6.65. The molecule has 2 atom stereocenters. The molecule has 0 heterocycles. The van der Waals surface area contributed by atoms with Crippen LogP contribution in [0.2, 0.25) is 0 Å². The Bertz CT molecular complexity index is 252. The van der Waals surface area contributed by atoms with Gasteiger partial charge in [-0.15, -0.1) is 0 Å². The van der Waals surface area contributed by atoms with Crippen molar-refractivity contribution < 1.29 is 35.1 Å². The summed E-state index contributed by atoms with van der Waals surface area (Å²) in [4.78, 5) is 0. The van der Waals surface area contributed by atoms with Crippen molar-refractivity contribution >= 4 is 0 Å². The van der Waals surface area contributed by atoms with Crippen LogP contribution in [-0.4, -0.2) is 29.9 Å². The van der Waals surface area contributed by atoms with Crippen LogP contribution in [0.25, 0.3) is 0 Å². The van der Waals surface area contributed by atoms with Gasteiger partial charge in [-0.25, -0.2) is 0 Å². The predicted molar refractivity (Wildman–Crippen MR) is 37.6 cm³/mol. The Morgan fingerprint density at radius 2 is 1.19 bits per heavy atom. The molecule has 98 valence electrons. The fourth-order valence-corrected chi connectivity index (χ4v) is 0.841. The summed E-state index contributed by atoms with van der Waals surface area (Å²) in [7, 11) is 0. The molecule has 2 unspecified atom stereocenters. The van der Waals surface area contributed by atoms with Gasteiger partial charge in [0.1, 0.15) is 11.6 Å². The van der Waals surface area contributed by atoms with Crippen molar-refractivity contribution in [2.24, 2.45) is 11.5 Å². The van der Waals surface area contributed by atoms with Crippen molar-refractivity contribution in [1.82, 2.24) is 0 Å². The predicted octanol–water partition coefficient (Wildman–Crippen LogP) is 1.79. The van der Waals surface area contributed by atoms with Crippen LogP contribution in [0.15, 0.2) is 0 Å². The monoisotopic (exact) mass is 260 g/mol. The summed E-state index contributed by atoms with van der Waals surface area (Å²) in [6.45, 7) is -0.0986. The summed E-state index contributed by atoms with van der Waals surface area (Å²) in [5.74, 6) is -5.76. The molecule has 0 aromatic rings. The van der Waals surface area contributed by atoms with Crippen LogP contribution >= 0.6 is 0 Å². The molecule has 0 rings (SSSR count). The van der Waals surface area contributed by atoms with Gasteiger partial charge in [-0.2, -0.15) is 35.1 Å². The Balaban J connectivity index is 5.37. The van der Waals surface area contributed by atoms with E-state index in [1.807, 2.05) is 0 Å². The molecule has 0 radical (unpaired) electrons. The van der Waals surface area contributed by atoms with E-state index in [1.165, 1.54) is 0 Å². The van der Waals surface area contributed by atoms with E-state index in [0.29, 0.717) is 0 Å². The summed E-state index contributed by atoms with van der Waals surface area (Å²) in [5, 5.41) is 0. The number of alkyl halides is 8. The van der Waals surface area contributed by atoms with Crippen molar-refractivity contribution in [3.8, 4) is 0 Å². The van der Waals surface area contributed by atoms with E-state index in [9.17, 15) is 35.1 Å². The van der Waals surface area contributed by atoms with Crippen molar-refractivity contribution in [2.45, 2.75) is 36.8 Å². The number of nitrogens with two attached hydrogens (primary N) is 2. The summed E-state index contributed by atoms with van der Waals surface area (Å²) in [5.41, 5.74) is 4.69. The second-order valence-electron chi connectivity index (χ2n) is 3.37. The highest BCUT2D eigenvalue weighted by Gasteiger charge is 2.71. The van der Waals surface area contributed by atoms with E-state index < -0.39 is 29.9 Å². The van der Waals surface area contributed by atoms with E-state index in [0.717, 1.165) is 0 Å². The highest BCUT2D eigenvalue weighted by molar-refractivity contribution is 5.07. The molecule has 0 fully saturated rings. The van der Waals surface area contributed by atoms with Crippen molar-refractivity contribution in [3.05, 3.63) is 0 Å². The Morgan fingerprint density at radius 1 is 0.875 bits per heavy atom. The number of rotatable bonds is 2. The molecule has 0 saturated carbocycles. The van der Waals surface area contributed by atoms with Crippen LogP contribution in [0.1, 0.15) is 6.92 Å². The summed E-state index contributed by atoms with van der Waals surface area (Å²) < 4.78 is 96.7. The molecular formula is C6H8F8N2. The number of hydrogen-bond donors (Lipinski definition) is 2. The van der Waals surface area contributed by atoms with Gasteiger partial charge in [-0.3, -0.25) is 0 Å². The van der Waals surface area contributed by atoms with Crippen LogP contribution in [0.3, 0.4) is 0 Å². The molecule has 0 aliphatic heterocycles. The Hall–Kier alpha value is -0.640. The van der Waals surface area contributed by atoms with Crippen molar-refractivity contribution in [1.29, 1.82) is 0 Å². The van der Waals surface area contributed by atoms with E-state index in [4.69, 9.17) is 0 Å². The lowest BCUT2D eigenvalue weighted by Crippen LogP contribution is -2.72. The Morgan fingerprint density at radius 3 is 1.38 bits per heavy atom. The Kier molecular flexibility index (Phi) is 3.54. The highest BCUT2D eigenvalue weighted by Crippen LogP contribution is 2.45. The second kappa shape index (κ2) is 3.69. The summed E-state index contributed by atoms with van der Waals surface area (Å²) >= 11 is 0. The van der Waals surface area contributed by atoms with E-state index in [-0.39, 0.29) is 6.92 Å². The largest absolute Gasteiger partial charge is 0.455 e. The third kappa shape index (κ3) is 2.37. The minimum Gasteiger partial charge on any atom is -0.318 e. The van der Waals surface area contributed by atoms with Gasteiger partial charge in [0.05, 0.1) is 0 Å². The van der Waals surface area contributed by atoms with Gasteiger partial charge >= 0.3 is 18.3 Å². The molecule has 0 spiro atoms. The fourth-order valence-electron chi connectivity index (χ4n) is 0.841. The molecule has 0 amide bonds. The average molecular weight is 260 g/mol. The maximum atomic E-state index is 12.7. The zero-order valence-electron chi connectivity index (χ0n) is 7.76. The van der Waals surface area contributed by atoms with Gasteiger partial charge < -0.3 is 11.5 Å². The van der Waals surface area contributed by atoms with Gasteiger partial charge in [-0.05, 0) is 6.92 Å². The Labute approximate surface area is 84.6 Å². The molecular weight excluding hydrogens is 252 g/mol. The minimum absolute atomic E-state index is 0.0986. The van der Waals surface area contributed by atoms with E-state index in [1.54, 1.807) is 0 Å². The van der Waals surface area contributed by atoms with Crippen LogP contribution in [0.4, 0.5) is 35.1 Å². The third-order valence-electron chi connectivity index (χ3n) is 2.03. The lowest BCUT2D eigenvalue weighted by Gasteiger charge is -2.39. The molecule has 10 heteroatoms. The van der Waals surface area contributed by atoms with Crippen LogP contribution in [-0.2, 0) is 0 Å². The third-order valence-corrected chi connectivity index (χ3v) is 2.03. The molecule has 0 aliphatic rings. The topological polar surface area (TPSA) is 52.0 Å². The number of hydrogen-bond acceptors (Lipinski definition) is 2. The first-order valence-electron chi connectivity index (χ1n) is 3.71. The molecule has 4 N–H and O–H groups in total. The van der Waals surface area contributed by atoms with Crippen LogP contribution in [0.5, 0.6) is 0 Å². The summed E-state index contributed by atoms with van der Waals surface area (Å²) in [6.07, 6.45) is -11.7. The second-order valence-corrected chi connectivity index (χ2v) is 3.37. The summed E-state index contributed by atoms with van der Waals surface area (Å²) in [6, 6.07) is -3.50. The molecule has 2 nitrogen and oxygen atoms in total. The van der Waals surface area contributed by atoms with Crippen molar-refractivity contribution in [3.63, 3.8) is 0 Å². The smallest absolute Gasteiger partial charge is 0.318 e. The first kappa shape index (κ1) is 15.4. The van der Waals surface area contributed by atoms with Crippen molar-refractivity contribution in [2.75, 3.05) is 0 Å². The first-order valence-corrected chi connectivity index (χ1v) is 3.71. The van der Waals surface area contributed by atoms with Gasteiger partial charge in [0.25, 0.3) is 0 Å². The molecule has 0 aliphatic carbocycles. The molecule has 0 aromatic carbocycles. The van der Waals surface area contributed by atoms with E-state index in [2.05, 4.69) is 11.5 Å². The van der Waals surface area contributed by atoms with Crippen LogP contribution in [0, 0.1) is 0 Å². The fraction of sp³-hybridized carbons (Fsp3) is 1.00. The average Bonchev–Trinajstić information content (AvgIpc) is 1.98. The van der Waals surface area contributed by atoms with Gasteiger partial charge in [0.2, 0.25) is 0 Å². The lowest BCUT2D eigenvalue weighted by atomic mass is 9.86. The molecule has 0 saturated heterocycles. The minimum atomic E-state index is -6.21. The maximum Gasteiger partial charge on any atom is 0.455 e. The quantitative estimate of drug-likeness (QED) is 0.744. The molecule has 16 heavy (non-hydrogen) atoms. The van der Waals surface area contributed by atoms with Gasteiger partial charge in [0.15, 0.2) is 0 Å². The van der Waals surface area contributed by atoms with Crippen LogP contribution < -0.4 is 11.5 Å². The molecule has 0 bridgehead atoms. The zero-order valence-corrected chi connectivity index (χ0v) is 7.76. The standard InChI is InChI=1S/C6H8F8N2/c1-3(16,2(15)4(7,8)9)5(10,11)6(12,13)14/h2H,15-16H2,1H3.